The highest BCUT2D eigenvalue weighted by atomic mass is 15.1. The van der Waals surface area contributed by atoms with Crippen molar-refractivity contribution in [3.05, 3.63) is 30.1 Å². The summed E-state index contributed by atoms with van der Waals surface area (Å²) in [6, 6.07) is 4.28. The number of nitrogens with zero attached hydrogens (tertiary/aromatic N) is 2. The number of piperidine rings is 1. The van der Waals surface area contributed by atoms with Gasteiger partial charge in [-0.05, 0) is 67.8 Å². The Bertz CT molecular complexity index is 386. The van der Waals surface area contributed by atoms with Crippen LogP contribution in [0.5, 0.6) is 0 Å². The summed E-state index contributed by atoms with van der Waals surface area (Å²) in [5.74, 6) is 0.976. The first-order valence-electron chi connectivity index (χ1n) is 8.64. The predicted octanol–water partition coefficient (Wildman–Crippen LogP) is 4.55. The maximum Gasteiger partial charge on any atom is 0.0270 e. The molecular weight excluding hydrogens is 256 g/mol. The molecule has 21 heavy (non-hydrogen) atoms. The third kappa shape index (κ3) is 6.60. The van der Waals surface area contributed by atoms with E-state index >= 15 is 0 Å². The monoisotopic (exact) mass is 288 g/mol. The normalized spacial score (nSPS) is 18.0. The Morgan fingerprint density at radius 3 is 2.43 bits per heavy atom. The van der Waals surface area contributed by atoms with Crippen LogP contribution in [0.25, 0.3) is 0 Å². The van der Waals surface area contributed by atoms with Gasteiger partial charge >= 0.3 is 0 Å². The lowest BCUT2D eigenvalue weighted by Crippen LogP contribution is -2.35. The largest absolute Gasteiger partial charge is 0.303 e. The number of hydrogen-bond donors (Lipinski definition) is 0. The highest BCUT2D eigenvalue weighted by Crippen LogP contribution is 2.27. The Balaban J connectivity index is 1.60. The smallest absolute Gasteiger partial charge is 0.0270 e. The van der Waals surface area contributed by atoms with Crippen LogP contribution in [-0.2, 0) is 6.42 Å². The molecule has 2 rings (SSSR count). The van der Waals surface area contributed by atoms with Crippen molar-refractivity contribution in [1.82, 2.24) is 9.88 Å². The van der Waals surface area contributed by atoms with Crippen LogP contribution in [-0.4, -0.2) is 29.5 Å². The molecule has 0 unspecified atom stereocenters. The van der Waals surface area contributed by atoms with Crippen LogP contribution in [0, 0.1) is 11.3 Å². The molecular formula is C19H32N2. The zero-order valence-electron chi connectivity index (χ0n) is 14.1. The molecule has 0 atom stereocenters. The van der Waals surface area contributed by atoms with E-state index in [1.165, 1.54) is 57.3 Å². The molecule has 1 saturated heterocycles. The molecule has 1 aliphatic heterocycles. The fourth-order valence-electron chi connectivity index (χ4n) is 3.26. The topological polar surface area (TPSA) is 16.1 Å². The van der Waals surface area contributed by atoms with Gasteiger partial charge in [0.1, 0.15) is 0 Å². The third-order valence-electron chi connectivity index (χ3n) is 4.71. The molecule has 1 aliphatic rings. The molecule has 0 N–H and O–H groups in total. The van der Waals surface area contributed by atoms with Crippen molar-refractivity contribution in [2.45, 2.75) is 59.3 Å². The SMILES string of the molecule is CC(C)(C)CCCC1CCN(CCc2ccncc2)CC1. The van der Waals surface area contributed by atoms with Gasteiger partial charge in [-0.15, -0.1) is 0 Å². The van der Waals surface area contributed by atoms with Gasteiger partial charge in [0.25, 0.3) is 0 Å². The van der Waals surface area contributed by atoms with Gasteiger partial charge in [0, 0.05) is 18.9 Å². The van der Waals surface area contributed by atoms with Crippen molar-refractivity contribution in [2.24, 2.45) is 11.3 Å². The molecule has 1 aromatic heterocycles. The summed E-state index contributed by atoms with van der Waals surface area (Å²) in [6.45, 7) is 10.9. The highest BCUT2D eigenvalue weighted by molar-refractivity contribution is 5.09. The van der Waals surface area contributed by atoms with E-state index in [2.05, 4.69) is 42.8 Å². The summed E-state index contributed by atoms with van der Waals surface area (Å²) in [7, 11) is 0. The second-order valence-corrected chi connectivity index (χ2v) is 7.84. The zero-order valence-corrected chi connectivity index (χ0v) is 14.1. The van der Waals surface area contributed by atoms with Crippen LogP contribution >= 0.6 is 0 Å². The Labute approximate surface area is 131 Å². The van der Waals surface area contributed by atoms with Gasteiger partial charge in [-0.1, -0.05) is 33.6 Å². The second kappa shape index (κ2) is 7.93. The number of pyridine rings is 1. The Kier molecular flexibility index (Phi) is 6.22. The van der Waals surface area contributed by atoms with E-state index in [1.807, 2.05) is 12.4 Å². The number of hydrogen-bond acceptors (Lipinski definition) is 2. The Morgan fingerprint density at radius 1 is 1.14 bits per heavy atom. The van der Waals surface area contributed by atoms with Crippen LogP contribution in [0.3, 0.4) is 0 Å². The van der Waals surface area contributed by atoms with Gasteiger partial charge < -0.3 is 4.90 Å². The molecule has 1 aromatic rings. The summed E-state index contributed by atoms with van der Waals surface area (Å²) in [4.78, 5) is 6.72. The van der Waals surface area contributed by atoms with Crippen molar-refractivity contribution in [3.63, 3.8) is 0 Å². The summed E-state index contributed by atoms with van der Waals surface area (Å²) in [5.41, 5.74) is 1.92. The van der Waals surface area contributed by atoms with E-state index < -0.39 is 0 Å². The average molecular weight is 288 g/mol. The number of likely N-dealkylation sites (tertiary alicyclic amines) is 1. The number of aromatic nitrogens is 1. The quantitative estimate of drug-likeness (QED) is 0.763. The van der Waals surface area contributed by atoms with E-state index in [-0.39, 0.29) is 0 Å². The molecule has 0 radical (unpaired) electrons. The Hall–Kier alpha value is -0.890. The van der Waals surface area contributed by atoms with E-state index in [9.17, 15) is 0 Å². The van der Waals surface area contributed by atoms with Crippen molar-refractivity contribution >= 4 is 0 Å². The second-order valence-electron chi connectivity index (χ2n) is 7.84. The predicted molar refractivity (Wildman–Crippen MR) is 90.4 cm³/mol. The summed E-state index contributed by atoms with van der Waals surface area (Å²) >= 11 is 0. The first-order chi connectivity index (χ1) is 10.0. The standard InChI is InChI=1S/C19H32N2/c1-19(2,3)11-4-5-17-8-14-21(15-9-17)16-10-18-6-12-20-13-7-18/h6-7,12-13,17H,4-5,8-11,14-16H2,1-3H3. The molecule has 0 bridgehead atoms. The van der Waals surface area contributed by atoms with Crippen molar-refractivity contribution < 1.29 is 0 Å². The lowest BCUT2D eigenvalue weighted by molar-refractivity contribution is 0.175. The van der Waals surface area contributed by atoms with Gasteiger partial charge in [0.15, 0.2) is 0 Å². The molecule has 2 heterocycles. The van der Waals surface area contributed by atoms with Crippen LogP contribution in [0.2, 0.25) is 0 Å². The number of rotatable bonds is 6. The summed E-state index contributed by atoms with van der Waals surface area (Å²) < 4.78 is 0. The molecule has 0 spiro atoms. The summed E-state index contributed by atoms with van der Waals surface area (Å²) in [5, 5.41) is 0. The van der Waals surface area contributed by atoms with Crippen molar-refractivity contribution in [2.75, 3.05) is 19.6 Å². The van der Waals surface area contributed by atoms with Crippen molar-refractivity contribution in [3.8, 4) is 0 Å². The molecule has 0 aromatic carbocycles. The molecule has 0 saturated carbocycles. The lowest BCUT2D eigenvalue weighted by atomic mass is 9.85. The van der Waals surface area contributed by atoms with Crippen LogP contribution in [0.4, 0.5) is 0 Å². The zero-order chi connectivity index (χ0) is 15.1. The fourth-order valence-corrected chi connectivity index (χ4v) is 3.26. The van der Waals surface area contributed by atoms with E-state index in [1.54, 1.807) is 0 Å². The molecule has 0 aliphatic carbocycles. The third-order valence-corrected chi connectivity index (χ3v) is 4.71. The maximum atomic E-state index is 4.08. The molecule has 1 fully saturated rings. The molecule has 2 nitrogen and oxygen atoms in total. The van der Waals surface area contributed by atoms with Gasteiger partial charge in [0.05, 0.1) is 0 Å². The van der Waals surface area contributed by atoms with Gasteiger partial charge in [-0.3, -0.25) is 4.98 Å². The van der Waals surface area contributed by atoms with Crippen LogP contribution < -0.4 is 0 Å². The molecule has 2 heteroatoms. The van der Waals surface area contributed by atoms with Crippen LogP contribution in [0.15, 0.2) is 24.5 Å². The van der Waals surface area contributed by atoms with Crippen LogP contribution in [0.1, 0.15) is 58.4 Å². The minimum absolute atomic E-state index is 0.505. The highest BCUT2D eigenvalue weighted by Gasteiger charge is 2.19. The minimum Gasteiger partial charge on any atom is -0.303 e. The van der Waals surface area contributed by atoms with Gasteiger partial charge in [-0.25, -0.2) is 0 Å². The average Bonchev–Trinajstić information content (AvgIpc) is 2.46. The van der Waals surface area contributed by atoms with E-state index in [0.717, 1.165) is 12.3 Å². The lowest BCUT2D eigenvalue weighted by Gasteiger charge is -2.32. The molecule has 118 valence electrons. The Morgan fingerprint density at radius 2 is 1.81 bits per heavy atom. The maximum absolute atomic E-state index is 4.08. The van der Waals surface area contributed by atoms with E-state index in [0.29, 0.717) is 5.41 Å². The first kappa shape index (κ1) is 16.5. The molecule has 0 amide bonds. The minimum atomic E-state index is 0.505. The first-order valence-corrected chi connectivity index (χ1v) is 8.64. The summed E-state index contributed by atoms with van der Waals surface area (Å²) in [6.07, 6.45) is 12.0. The van der Waals surface area contributed by atoms with Gasteiger partial charge in [0.2, 0.25) is 0 Å². The van der Waals surface area contributed by atoms with Gasteiger partial charge in [-0.2, -0.15) is 0 Å². The fraction of sp³-hybridized carbons (Fsp3) is 0.737. The van der Waals surface area contributed by atoms with E-state index in [4.69, 9.17) is 0 Å². The van der Waals surface area contributed by atoms with Crippen molar-refractivity contribution in [1.29, 1.82) is 0 Å².